The second-order valence-electron chi connectivity index (χ2n) is 5.65. The van der Waals surface area contributed by atoms with Crippen molar-refractivity contribution in [2.24, 2.45) is 0 Å². The smallest absolute Gasteiger partial charge is 0.260 e. The number of nitrogens with one attached hydrogen (secondary N) is 1. The molecule has 5 heteroatoms. The lowest BCUT2D eigenvalue weighted by molar-refractivity contribution is 0.0970. The number of carbonyl (C=O) groups is 1. The standard InChI is InChI=1S/C21H15NO2S2/c23-20(19-15-9-4-5-10-18(15)26-21(19)24)22-13-16(17-11-6-12-25-17)14-7-2-1-3-8-14/h1-13,24H,(H,22,23). The summed E-state index contributed by atoms with van der Waals surface area (Å²) in [5, 5.41) is 15.9. The zero-order valence-electron chi connectivity index (χ0n) is 13.7. The van der Waals surface area contributed by atoms with Crippen LogP contribution in [0.15, 0.2) is 78.3 Å². The van der Waals surface area contributed by atoms with E-state index in [2.05, 4.69) is 5.32 Å². The van der Waals surface area contributed by atoms with Crippen molar-refractivity contribution in [1.29, 1.82) is 0 Å². The van der Waals surface area contributed by atoms with Crippen LogP contribution in [0.2, 0.25) is 0 Å². The summed E-state index contributed by atoms with van der Waals surface area (Å²) in [7, 11) is 0. The van der Waals surface area contributed by atoms with Gasteiger partial charge in [-0.2, -0.15) is 0 Å². The van der Waals surface area contributed by atoms with Crippen LogP contribution in [0.5, 0.6) is 5.06 Å². The maximum atomic E-state index is 12.7. The lowest BCUT2D eigenvalue weighted by Gasteiger charge is -2.07. The molecule has 0 aliphatic rings. The summed E-state index contributed by atoms with van der Waals surface area (Å²) in [5.41, 5.74) is 2.28. The number of fused-ring (bicyclic) bond motifs is 1. The molecule has 26 heavy (non-hydrogen) atoms. The molecule has 0 spiro atoms. The average molecular weight is 377 g/mol. The highest BCUT2D eigenvalue weighted by atomic mass is 32.1. The molecule has 0 saturated heterocycles. The second-order valence-corrected chi connectivity index (χ2v) is 7.63. The van der Waals surface area contributed by atoms with Crippen molar-refractivity contribution in [3.8, 4) is 5.06 Å². The Morgan fingerprint density at radius 3 is 2.50 bits per heavy atom. The molecule has 0 fully saturated rings. The molecule has 0 aliphatic carbocycles. The first-order chi connectivity index (χ1) is 12.7. The van der Waals surface area contributed by atoms with Gasteiger partial charge in [0.15, 0.2) is 5.06 Å². The normalized spacial score (nSPS) is 11.6. The van der Waals surface area contributed by atoms with Gasteiger partial charge in [0.25, 0.3) is 5.91 Å². The lowest BCUT2D eigenvalue weighted by Crippen LogP contribution is -2.17. The molecule has 0 atom stereocenters. The van der Waals surface area contributed by atoms with Crippen LogP contribution in [0.1, 0.15) is 20.8 Å². The second kappa shape index (κ2) is 7.15. The van der Waals surface area contributed by atoms with Crippen molar-refractivity contribution in [1.82, 2.24) is 5.32 Å². The van der Waals surface area contributed by atoms with E-state index in [9.17, 15) is 9.90 Å². The predicted molar refractivity (Wildman–Crippen MR) is 109 cm³/mol. The number of carbonyl (C=O) groups excluding carboxylic acids is 1. The van der Waals surface area contributed by atoms with Crippen molar-refractivity contribution in [3.63, 3.8) is 0 Å². The van der Waals surface area contributed by atoms with Crippen molar-refractivity contribution in [3.05, 3.63) is 94.3 Å². The van der Waals surface area contributed by atoms with Gasteiger partial charge >= 0.3 is 0 Å². The van der Waals surface area contributed by atoms with E-state index in [1.54, 1.807) is 17.5 Å². The molecule has 4 rings (SSSR count). The highest BCUT2D eigenvalue weighted by Gasteiger charge is 2.18. The Labute approximate surface area is 158 Å². The quantitative estimate of drug-likeness (QED) is 0.494. The molecule has 2 heterocycles. The largest absolute Gasteiger partial charge is 0.499 e. The average Bonchev–Trinajstić information content (AvgIpc) is 3.29. The molecule has 4 aromatic rings. The third-order valence-electron chi connectivity index (χ3n) is 4.02. The number of hydrogen-bond donors (Lipinski definition) is 2. The molecule has 0 radical (unpaired) electrons. The van der Waals surface area contributed by atoms with E-state index in [1.165, 1.54) is 11.3 Å². The predicted octanol–water partition coefficient (Wildman–Crippen LogP) is 5.49. The summed E-state index contributed by atoms with van der Waals surface area (Å²) in [6, 6.07) is 21.4. The molecular formula is C21H15NO2S2. The van der Waals surface area contributed by atoms with Crippen LogP contribution in [0.25, 0.3) is 15.7 Å². The zero-order valence-corrected chi connectivity index (χ0v) is 15.3. The van der Waals surface area contributed by atoms with Crippen molar-refractivity contribution in [2.75, 3.05) is 0 Å². The fraction of sp³-hybridized carbons (Fsp3) is 0. The van der Waals surface area contributed by atoms with Crippen molar-refractivity contribution < 1.29 is 9.90 Å². The van der Waals surface area contributed by atoms with E-state index >= 15 is 0 Å². The lowest BCUT2D eigenvalue weighted by atomic mass is 10.1. The third kappa shape index (κ3) is 3.14. The Hall–Kier alpha value is -2.89. The Morgan fingerprint density at radius 1 is 0.962 bits per heavy atom. The summed E-state index contributed by atoms with van der Waals surface area (Å²) in [6.07, 6.45) is 1.72. The molecule has 3 nitrogen and oxygen atoms in total. The van der Waals surface area contributed by atoms with Crippen LogP contribution >= 0.6 is 22.7 Å². The van der Waals surface area contributed by atoms with Gasteiger partial charge in [-0.1, -0.05) is 65.9 Å². The minimum Gasteiger partial charge on any atom is -0.499 e. The molecule has 2 N–H and O–H groups in total. The SMILES string of the molecule is O=C(NC=C(c1ccccc1)c1cccs1)c1c(O)sc2ccccc12. The molecule has 2 aromatic carbocycles. The Kier molecular flexibility index (Phi) is 4.56. The summed E-state index contributed by atoms with van der Waals surface area (Å²) in [6.45, 7) is 0. The van der Waals surface area contributed by atoms with Crippen LogP contribution < -0.4 is 5.32 Å². The fourth-order valence-electron chi connectivity index (χ4n) is 2.81. The van der Waals surface area contributed by atoms with E-state index < -0.39 is 0 Å². The third-order valence-corrected chi connectivity index (χ3v) is 5.90. The summed E-state index contributed by atoms with van der Waals surface area (Å²) >= 11 is 2.83. The fourth-order valence-corrected chi connectivity index (χ4v) is 4.51. The molecule has 1 amide bonds. The highest BCUT2D eigenvalue weighted by molar-refractivity contribution is 7.21. The summed E-state index contributed by atoms with van der Waals surface area (Å²) < 4.78 is 0.890. The van der Waals surface area contributed by atoms with Crippen LogP contribution in [0, 0.1) is 0 Å². The molecule has 2 aromatic heterocycles. The Balaban J connectivity index is 1.70. The van der Waals surface area contributed by atoms with Crippen molar-refractivity contribution >= 4 is 44.2 Å². The molecule has 0 aliphatic heterocycles. The minimum atomic E-state index is -0.315. The van der Waals surface area contributed by atoms with E-state index in [0.717, 1.165) is 26.1 Å². The monoisotopic (exact) mass is 377 g/mol. The van der Waals surface area contributed by atoms with Gasteiger partial charge in [0.05, 0.1) is 0 Å². The van der Waals surface area contributed by atoms with Gasteiger partial charge in [-0.15, -0.1) is 11.3 Å². The molecule has 128 valence electrons. The topological polar surface area (TPSA) is 49.3 Å². The number of amides is 1. The van der Waals surface area contributed by atoms with Gasteiger partial charge in [-0.05, 0) is 23.1 Å². The molecular weight excluding hydrogens is 362 g/mol. The Bertz CT molecular complexity index is 1080. The maximum Gasteiger partial charge on any atom is 0.260 e. The first-order valence-corrected chi connectivity index (χ1v) is 9.74. The van der Waals surface area contributed by atoms with E-state index in [0.29, 0.717) is 5.56 Å². The minimum absolute atomic E-state index is 0.0366. The maximum absolute atomic E-state index is 12.7. The summed E-state index contributed by atoms with van der Waals surface area (Å²) in [5.74, 6) is -0.315. The van der Waals surface area contributed by atoms with Gasteiger partial charge in [-0.3, -0.25) is 4.79 Å². The number of hydrogen-bond acceptors (Lipinski definition) is 4. The zero-order chi connectivity index (χ0) is 17.9. The highest BCUT2D eigenvalue weighted by Crippen LogP contribution is 2.36. The first kappa shape index (κ1) is 16.6. The number of aromatic hydroxyl groups is 1. The molecule has 0 saturated carbocycles. The van der Waals surface area contributed by atoms with Crippen LogP contribution in [-0.2, 0) is 0 Å². The van der Waals surface area contributed by atoms with Crippen LogP contribution in [0.4, 0.5) is 0 Å². The van der Waals surface area contributed by atoms with Gasteiger partial charge in [0, 0.05) is 26.7 Å². The van der Waals surface area contributed by atoms with Crippen LogP contribution in [-0.4, -0.2) is 11.0 Å². The van der Waals surface area contributed by atoms with Crippen molar-refractivity contribution in [2.45, 2.75) is 0 Å². The summed E-state index contributed by atoms with van der Waals surface area (Å²) in [4.78, 5) is 13.8. The number of benzene rings is 2. The number of rotatable bonds is 4. The van der Waals surface area contributed by atoms with E-state index in [4.69, 9.17) is 0 Å². The van der Waals surface area contributed by atoms with Gasteiger partial charge in [0.2, 0.25) is 0 Å². The Morgan fingerprint density at radius 2 is 1.73 bits per heavy atom. The van der Waals surface area contributed by atoms with Gasteiger partial charge in [-0.25, -0.2) is 0 Å². The van der Waals surface area contributed by atoms with Gasteiger partial charge < -0.3 is 10.4 Å². The molecule has 0 unspecified atom stereocenters. The molecule has 0 bridgehead atoms. The van der Waals surface area contributed by atoms with E-state index in [-0.39, 0.29) is 11.0 Å². The first-order valence-electron chi connectivity index (χ1n) is 8.05. The van der Waals surface area contributed by atoms with E-state index in [1.807, 2.05) is 72.1 Å². The van der Waals surface area contributed by atoms with Gasteiger partial charge in [0.1, 0.15) is 5.56 Å². The number of thiophene rings is 2. The van der Waals surface area contributed by atoms with Crippen LogP contribution in [0.3, 0.4) is 0 Å².